The van der Waals surface area contributed by atoms with E-state index in [1.165, 1.54) is 0 Å². The number of hydrogen-bond acceptors (Lipinski definition) is 2. The Morgan fingerprint density at radius 1 is 1.39 bits per heavy atom. The van der Waals surface area contributed by atoms with Crippen LogP contribution >= 0.6 is 23.2 Å². The van der Waals surface area contributed by atoms with Crippen molar-refractivity contribution in [3.05, 3.63) is 41.2 Å². The van der Waals surface area contributed by atoms with E-state index >= 15 is 0 Å². The van der Waals surface area contributed by atoms with Gasteiger partial charge in [0.2, 0.25) is 0 Å². The number of ether oxygens (including phenoxy) is 1. The number of halogens is 2. The second kappa shape index (κ2) is 6.12. The summed E-state index contributed by atoms with van der Waals surface area (Å²) < 4.78 is 7.60. The summed E-state index contributed by atoms with van der Waals surface area (Å²) in [6.45, 7) is 2.98. The van der Waals surface area contributed by atoms with E-state index in [1.54, 1.807) is 18.3 Å². The van der Waals surface area contributed by atoms with Crippen LogP contribution < -0.4 is 4.74 Å². The van der Waals surface area contributed by atoms with Gasteiger partial charge in [-0.25, -0.2) is 0 Å². The number of aryl methyl sites for hydroxylation is 1. The first-order valence-corrected chi connectivity index (χ1v) is 6.69. The van der Waals surface area contributed by atoms with Crippen molar-refractivity contribution in [2.24, 2.45) is 0 Å². The second-order valence-electron chi connectivity index (χ2n) is 3.93. The zero-order valence-electron chi connectivity index (χ0n) is 10.1. The number of alkyl halides is 1. The third-order valence-electron chi connectivity index (χ3n) is 2.46. The van der Waals surface area contributed by atoms with Crippen LogP contribution in [0, 0.1) is 0 Å². The first-order valence-electron chi connectivity index (χ1n) is 5.77. The van der Waals surface area contributed by atoms with Gasteiger partial charge in [-0.1, -0.05) is 24.6 Å². The van der Waals surface area contributed by atoms with Crippen molar-refractivity contribution in [3.8, 4) is 11.5 Å². The molecule has 0 aliphatic carbocycles. The molecule has 0 radical (unpaired) electrons. The van der Waals surface area contributed by atoms with Crippen molar-refractivity contribution in [1.29, 1.82) is 0 Å². The van der Waals surface area contributed by atoms with Crippen LogP contribution in [0.15, 0.2) is 30.6 Å². The maximum absolute atomic E-state index is 5.95. The summed E-state index contributed by atoms with van der Waals surface area (Å²) in [6, 6.07) is 5.42. The highest BCUT2D eigenvalue weighted by Crippen LogP contribution is 2.29. The molecule has 0 bridgehead atoms. The van der Waals surface area contributed by atoms with Crippen molar-refractivity contribution in [2.45, 2.75) is 25.8 Å². The minimum atomic E-state index is 0.385. The highest BCUT2D eigenvalue weighted by Gasteiger charge is 2.07. The van der Waals surface area contributed by atoms with Crippen LogP contribution in [0.1, 0.15) is 18.9 Å². The molecule has 0 saturated heterocycles. The molecule has 96 valence electrons. The van der Waals surface area contributed by atoms with Gasteiger partial charge in [-0.05, 0) is 18.6 Å². The Kier molecular flexibility index (Phi) is 4.50. The van der Waals surface area contributed by atoms with Gasteiger partial charge in [0.05, 0.1) is 18.3 Å². The Labute approximate surface area is 116 Å². The van der Waals surface area contributed by atoms with Gasteiger partial charge < -0.3 is 4.74 Å². The Bertz CT molecular complexity index is 525. The Morgan fingerprint density at radius 3 is 2.94 bits per heavy atom. The molecule has 0 aliphatic rings. The fourth-order valence-electron chi connectivity index (χ4n) is 1.61. The lowest BCUT2D eigenvalue weighted by Crippen LogP contribution is -1.95. The van der Waals surface area contributed by atoms with Crippen molar-refractivity contribution in [3.63, 3.8) is 0 Å². The molecule has 0 amide bonds. The standard InChI is InChI=1S/C13H14Cl2N2O/c1-2-5-17-9-12(8-16-17)18-13-6-11(15)4-3-10(13)7-14/h3-4,6,8-9H,2,5,7H2,1H3. The first kappa shape index (κ1) is 13.2. The monoisotopic (exact) mass is 284 g/mol. The van der Waals surface area contributed by atoms with Gasteiger partial charge in [-0.3, -0.25) is 4.68 Å². The molecular formula is C13H14Cl2N2O. The molecule has 0 N–H and O–H groups in total. The lowest BCUT2D eigenvalue weighted by atomic mass is 10.2. The largest absolute Gasteiger partial charge is 0.454 e. The Hall–Kier alpha value is -1.19. The SMILES string of the molecule is CCCn1cc(Oc2cc(Cl)ccc2CCl)cn1. The predicted molar refractivity (Wildman–Crippen MR) is 73.6 cm³/mol. The van der Waals surface area contributed by atoms with Crippen molar-refractivity contribution in [1.82, 2.24) is 9.78 Å². The van der Waals surface area contributed by atoms with Crippen LogP contribution in [-0.4, -0.2) is 9.78 Å². The highest BCUT2D eigenvalue weighted by atomic mass is 35.5. The Morgan fingerprint density at radius 2 is 2.22 bits per heavy atom. The van der Waals surface area contributed by atoms with Gasteiger partial charge in [0, 0.05) is 17.1 Å². The van der Waals surface area contributed by atoms with Crippen LogP contribution in [0.3, 0.4) is 0 Å². The van der Waals surface area contributed by atoms with Crippen molar-refractivity contribution < 1.29 is 4.74 Å². The molecule has 0 unspecified atom stereocenters. The number of nitrogens with zero attached hydrogens (tertiary/aromatic N) is 2. The van der Waals surface area contributed by atoms with E-state index in [9.17, 15) is 0 Å². The van der Waals surface area contributed by atoms with Gasteiger partial charge >= 0.3 is 0 Å². The molecule has 0 aliphatic heterocycles. The number of rotatable bonds is 5. The number of aromatic nitrogens is 2. The molecule has 0 atom stereocenters. The van der Waals surface area contributed by atoms with Crippen LogP contribution in [0.25, 0.3) is 0 Å². The minimum Gasteiger partial charge on any atom is -0.454 e. The summed E-state index contributed by atoms with van der Waals surface area (Å²) in [4.78, 5) is 0. The van der Waals surface area contributed by atoms with Crippen LogP contribution in [0.4, 0.5) is 0 Å². The van der Waals surface area contributed by atoms with Crippen LogP contribution in [0.2, 0.25) is 5.02 Å². The molecule has 0 spiro atoms. The molecule has 3 nitrogen and oxygen atoms in total. The summed E-state index contributed by atoms with van der Waals surface area (Å²) in [5.74, 6) is 1.75. The molecule has 1 aromatic carbocycles. The zero-order valence-corrected chi connectivity index (χ0v) is 11.6. The van der Waals surface area contributed by atoms with E-state index < -0.39 is 0 Å². The van der Waals surface area contributed by atoms with Gasteiger partial charge in [0.25, 0.3) is 0 Å². The van der Waals surface area contributed by atoms with Gasteiger partial charge in [-0.15, -0.1) is 11.6 Å². The molecule has 18 heavy (non-hydrogen) atoms. The normalized spacial score (nSPS) is 10.6. The third kappa shape index (κ3) is 3.18. The summed E-state index contributed by atoms with van der Waals surface area (Å²) >= 11 is 11.8. The van der Waals surface area contributed by atoms with E-state index in [-0.39, 0.29) is 0 Å². The average Bonchev–Trinajstić information content (AvgIpc) is 2.77. The van der Waals surface area contributed by atoms with E-state index in [4.69, 9.17) is 27.9 Å². The maximum atomic E-state index is 5.95. The average molecular weight is 285 g/mol. The maximum Gasteiger partial charge on any atom is 0.165 e. The summed E-state index contributed by atoms with van der Waals surface area (Å²) in [5, 5.41) is 4.83. The quantitative estimate of drug-likeness (QED) is 0.757. The molecule has 0 saturated carbocycles. The van der Waals surface area contributed by atoms with E-state index in [1.807, 2.05) is 16.9 Å². The van der Waals surface area contributed by atoms with Crippen LogP contribution in [-0.2, 0) is 12.4 Å². The lowest BCUT2D eigenvalue weighted by molar-refractivity contribution is 0.476. The number of benzene rings is 1. The molecule has 1 heterocycles. The molecule has 5 heteroatoms. The zero-order chi connectivity index (χ0) is 13.0. The molecule has 1 aromatic heterocycles. The summed E-state index contributed by atoms with van der Waals surface area (Å²) in [6.07, 6.45) is 4.59. The highest BCUT2D eigenvalue weighted by molar-refractivity contribution is 6.30. The summed E-state index contributed by atoms with van der Waals surface area (Å²) in [7, 11) is 0. The van der Waals surface area contributed by atoms with Gasteiger partial charge in [0.15, 0.2) is 5.75 Å². The Balaban J connectivity index is 2.19. The van der Waals surface area contributed by atoms with Gasteiger partial charge in [0.1, 0.15) is 5.75 Å². The van der Waals surface area contributed by atoms with Crippen molar-refractivity contribution in [2.75, 3.05) is 0 Å². The minimum absolute atomic E-state index is 0.385. The smallest absolute Gasteiger partial charge is 0.165 e. The van der Waals surface area contributed by atoms with E-state index in [0.29, 0.717) is 22.4 Å². The molecular weight excluding hydrogens is 271 g/mol. The molecule has 0 fully saturated rings. The fourth-order valence-corrected chi connectivity index (χ4v) is 1.99. The van der Waals surface area contributed by atoms with E-state index in [2.05, 4.69) is 12.0 Å². The molecule has 2 aromatic rings. The summed E-state index contributed by atoms with van der Waals surface area (Å²) in [5.41, 5.74) is 0.907. The van der Waals surface area contributed by atoms with Gasteiger partial charge in [-0.2, -0.15) is 5.10 Å². The fraction of sp³-hybridized carbons (Fsp3) is 0.308. The predicted octanol–water partition coefficient (Wildman–Crippen LogP) is 4.48. The topological polar surface area (TPSA) is 27.1 Å². The van der Waals surface area contributed by atoms with Crippen LogP contribution in [0.5, 0.6) is 11.5 Å². The third-order valence-corrected chi connectivity index (χ3v) is 2.99. The second-order valence-corrected chi connectivity index (χ2v) is 4.63. The van der Waals surface area contributed by atoms with E-state index in [0.717, 1.165) is 18.5 Å². The molecule has 2 rings (SSSR count). The number of hydrogen-bond donors (Lipinski definition) is 0. The lowest BCUT2D eigenvalue weighted by Gasteiger charge is -2.07. The van der Waals surface area contributed by atoms with Crippen molar-refractivity contribution >= 4 is 23.2 Å². The first-order chi connectivity index (χ1) is 8.72.